The Bertz CT molecular complexity index is 1120. The molecule has 0 atom stereocenters. The fourth-order valence-corrected chi connectivity index (χ4v) is 4.52. The third-order valence-electron chi connectivity index (χ3n) is 4.26. The minimum Gasteiger partial charge on any atom is -0.307 e. The fourth-order valence-electron chi connectivity index (χ4n) is 3.02. The van der Waals surface area contributed by atoms with E-state index < -0.39 is 9.84 Å². The van der Waals surface area contributed by atoms with Crippen LogP contribution in [0, 0.1) is 0 Å². The van der Waals surface area contributed by atoms with Crippen molar-refractivity contribution in [1.82, 2.24) is 9.78 Å². The Labute approximate surface area is 157 Å². The lowest BCUT2D eigenvalue weighted by Crippen LogP contribution is -2.14. The van der Waals surface area contributed by atoms with Crippen molar-refractivity contribution in [3.05, 3.63) is 83.6 Å². The van der Waals surface area contributed by atoms with Gasteiger partial charge in [0.15, 0.2) is 9.84 Å². The topological polar surface area (TPSA) is 81.1 Å². The van der Waals surface area contributed by atoms with Gasteiger partial charge in [-0.3, -0.25) is 4.79 Å². The molecule has 0 bridgehead atoms. The quantitative estimate of drug-likeness (QED) is 0.707. The molecule has 1 amide bonds. The van der Waals surface area contributed by atoms with Crippen molar-refractivity contribution in [3.63, 3.8) is 0 Å². The summed E-state index contributed by atoms with van der Waals surface area (Å²) in [5, 5.41) is 7.23. The smallest absolute Gasteiger partial charge is 0.249 e. The second kappa shape index (κ2) is 6.85. The van der Waals surface area contributed by atoms with Gasteiger partial charge in [-0.1, -0.05) is 48.5 Å². The number of rotatable bonds is 4. The number of fused-ring (bicyclic) bond motifs is 1. The Morgan fingerprint density at radius 2 is 1.67 bits per heavy atom. The van der Waals surface area contributed by atoms with Gasteiger partial charge in [-0.25, -0.2) is 13.1 Å². The molecule has 1 N–H and O–H groups in total. The molecule has 1 aliphatic rings. The molecule has 7 heteroatoms. The van der Waals surface area contributed by atoms with Gasteiger partial charge in [-0.05, 0) is 23.8 Å². The Kier molecular flexibility index (Phi) is 4.37. The van der Waals surface area contributed by atoms with Crippen molar-refractivity contribution >= 4 is 27.6 Å². The summed E-state index contributed by atoms with van der Waals surface area (Å²) in [6.07, 6.45) is 3.13. The van der Waals surface area contributed by atoms with Crippen molar-refractivity contribution in [2.24, 2.45) is 0 Å². The number of carbonyl (C=O) groups excluding carboxylic acids is 1. The fraction of sp³-hybridized carbons (Fsp3) is 0.100. The zero-order valence-corrected chi connectivity index (χ0v) is 15.2. The molecule has 0 saturated carbocycles. The SMILES string of the molecule is O=C(/C=C\c1ccccc1)Nc1c2c(nn1-c1ccccc1)CS(=O)(=O)C2. The lowest BCUT2D eigenvalue weighted by atomic mass is 10.2. The van der Waals surface area contributed by atoms with Crippen LogP contribution in [0.3, 0.4) is 0 Å². The molecule has 0 unspecified atom stereocenters. The summed E-state index contributed by atoms with van der Waals surface area (Å²) in [7, 11) is -3.22. The van der Waals surface area contributed by atoms with Gasteiger partial charge in [0.25, 0.3) is 0 Å². The van der Waals surface area contributed by atoms with Crippen molar-refractivity contribution in [1.29, 1.82) is 0 Å². The predicted octanol–water partition coefficient (Wildman–Crippen LogP) is 2.95. The van der Waals surface area contributed by atoms with Crippen LogP contribution < -0.4 is 5.32 Å². The Hall–Kier alpha value is -3.19. The van der Waals surface area contributed by atoms with E-state index in [0.717, 1.165) is 11.3 Å². The zero-order valence-electron chi connectivity index (χ0n) is 14.4. The molecule has 2 aromatic carbocycles. The largest absolute Gasteiger partial charge is 0.307 e. The number of carbonyl (C=O) groups is 1. The summed E-state index contributed by atoms with van der Waals surface area (Å²) < 4.78 is 25.5. The number of hydrogen-bond acceptors (Lipinski definition) is 4. The van der Waals surface area contributed by atoms with E-state index in [4.69, 9.17) is 0 Å². The maximum atomic E-state index is 12.4. The molecule has 136 valence electrons. The van der Waals surface area contributed by atoms with Gasteiger partial charge in [-0.2, -0.15) is 5.10 Å². The molecule has 0 spiro atoms. The van der Waals surface area contributed by atoms with Crippen molar-refractivity contribution < 1.29 is 13.2 Å². The molecule has 6 nitrogen and oxygen atoms in total. The second-order valence-electron chi connectivity index (χ2n) is 6.29. The van der Waals surface area contributed by atoms with E-state index in [1.165, 1.54) is 6.08 Å². The van der Waals surface area contributed by atoms with Crippen LogP contribution in [0.2, 0.25) is 0 Å². The molecule has 1 aliphatic heterocycles. The van der Waals surface area contributed by atoms with Gasteiger partial charge in [0.05, 0.1) is 22.9 Å². The molecule has 27 heavy (non-hydrogen) atoms. The van der Waals surface area contributed by atoms with E-state index in [2.05, 4.69) is 10.4 Å². The molecule has 0 fully saturated rings. The minimum atomic E-state index is -3.22. The summed E-state index contributed by atoms with van der Waals surface area (Å²) >= 11 is 0. The lowest BCUT2D eigenvalue weighted by molar-refractivity contribution is -0.111. The van der Waals surface area contributed by atoms with Crippen LogP contribution in [0.4, 0.5) is 5.82 Å². The number of benzene rings is 2. The Morgan fingerprint density at radius 3 is 2.37 bits per heavy atom. The third-order valence-corrected chi connectivity index (χ3v) is 5.70. The Balaban J connectivity index is 1.67. The maximum absolute atomic E-state index is 12.4. The first-order chi connectivity index (χ1) is 13.0. The van der Waals surface area contributed by atoms with Crippen molar-refractivity contribution in [2.45, 2.75) is 11.5 Å². The summed E-state index contributed by atoms with van der Waals surface area (Å²) in [5.74, 6) is -0.166. The van der Waals surface area contributed by atoms with Gasteiger partial charge in [0, 0.05) is 11.6 Å². The third kappa shape index (κ3) is 3.68. The summed E-state index contributed by atoms with van der Waals surface area (Å²) in [5.41, 5.74) is 2.70. The predicted molar refractivity (Wildman–Crippen MR) is 104 cm³/mol. The van der Waals surface area contributed by atoms with Gasteiger partial charge in [-0.15, -0.1) is 0 Å². The van der Waals surface area contributed by atoms with E-state index in [-0.39, 0.29) is 17.4 Å². The highest BCUT2D eigenvalue weighted by molar-refractivity contribution is 7.90. The van der Waals surface area contributed by atoms with Crippen molar-refractivity contribution in [3.8, 4) is 5.69 Å². The first-order valence-electron chi connectivity index (χ1n) is 8.42. The van der Waals surface area contributed by atoms with Crippen LogP contribution in [0.5, 0.6) is 0 Å². The highest BCUT2D eigenvalue weighted by Crippen LogP contribution is 2.32. The van der Waals surface area contributed by atoms with Gasteiger partial charge >= 0.3 is 0 Å². The van der Waals surface area contributed by atoms with E-state index in [1.807, 2.05) is 60.7 Å². The first-order valence-corrected chi connectivity index (χ1v) is 10.2. The molecule has 1 aromatic heterocycles. The molecule has 3 aromatic rings. The number of amides is 1. The summed E-state index contributed by atoms with van der Waals surface area (Å²) in [4.78, 5) is 12.4. The molecular formula is C20H17N3O3S. The van der Waals surface area contributed by atoms with Crippen LogP contribution in [0.25, 0.3) is 11.8 Å². The molecule has 0 aliphatic carbocycles. The molecule has 0 saturated heterocycles. The lowest BCUT2D eigenvalue weighted by Gasteiger charge is -2.09. The number of aromatic nitrogens is 2. The zero-order chi connectivity index (χ0) is 18.9. The van der Waals surface area contributed by atoms with Crippen LogP contribution in [0.15, 0.2) is 66.7 Å². The number of nitrogens with zero attached hydrogens (tertiary/aromatic N) is 2. The van der Waals surface area contributed by atoms with Crippen molar-refractivity contribution in [2.75, 3.05) is 5.32 Å². The van der Waals surface area contributed by atoms with Crippen LogP contribution >= 0.6 is 0 Å². The molecule has 0 radical (unpaired) electrons. The number of para-hydroxylation sites is 1. The van der Waals surface area contributed by atoms with E-state index >= 15 is 0 Å². The van der Waals surface area contributed by atoms with E-state index in [1.54, 1.807) is 10.8 Å². The number of anilines is 1. The second-order valence-corrected chi connectivity index (χ2v) is 8.35. The van der Waals surface area contributed by atoms with Gasteiger partial charge < -0.3 is 5.32 Å². The summed E-state index contributed by atoms with van der Waals surface area (Å²) in [6.45, 7) is 0. The van der Waals surface area contributed by atoms with E-state index in [9.17, 15) is 13.2 Å². The Morgan fingerprint density at radius 1 is 1.00 bits per heavy atom. The summed E-state index contributed by atoms with van der Waals surface area (Å²) in [6, 6.07) is 18.8. The highest BCUT2D eigenvalue weighted by Gasteiger charge is 2.32. The molecule has 4 rings (SSSR count). The van der Waals surface area contributed by atoms with E-state index in [0.29, 0.717) is 17.1 Å². The number of hydrogen-bond donors (Lipinski definition) is 1. The molecular weight excluding hydrogens is 362 g/mol. The average Bonchev–Trinajstić information content (AvgIpc) is 3.14. The maximum Gasteiger partial charge on any atom is 0.249 e. The van der Waals surface area contributed by atoms with Crippen LogP contribution in [-0.4, -0.2) is 24.1 Å². The van der Waals surface area contributed by atoms with Crippen LogP contribution in [-0.2, 0) is 26.1 Å². The van der Waals surface area contributed by atoms with Gasteiger partial charge in [0.1, 0.15) is 5.82 Å². The standard InChI is InChI=1S/C20H17N3O3S/c24-19(12-11-15-7-3-1-4-8-15)21-20-17-13-27(25,26)14-18(17)22-23(20)16-9-5-2-6-10-16/h1-12H,13-14H2,(H,21,24)/b12-11-. The molecule has 2 heterocycles. The first kappa shape index (κ1) is 17.2. The highest BCUT2D eigenvalue weighted by atomic mass is 32.2. The average molecular weight is 379 g/mol. The van der Waals surface area contributed by atoms with Crippen LogP contribution in [0.1, 0.15) is 16.8 Å². The monoisotopic (exact) mass is 379 g/mol. The number of nitrogens with one attached hydrogen (secondary N) is 1. The normalized spacial score (nSPS) is 15.0. The number of sulfone groups is 1. The minimum absolute atomic E-state index is 0.106. The van der Waals surface area contributed by atoms with Gasteiger partial charge in [0.2, 0.25) is 5.91 Å².